The van der Waals surface area contributed by atoms with E-state index in [0.29, 0.717) is 17.6 Å². The van der Waals surface area contributed by atoms with E-state index in [4.69, 9.17) is 0 Å². The van der Waals surface area contributed by atoms with Crippen LogP contribution in [0.5, 0.6) is 0 Å². The molecular weight excluding hydrogens is 332 g/mol. The van der Waals surface area contributed by atoms with Crippen LogP contribution in [-0.4, -0.2) is 58.1 Å². The predicted molar refractivity (Wildman–Crippen MR) is 92.8 cm³/mol. The number of rotatable bonds is 6. The molecule has 1 amide bonds. The van der Waals surface area contributed by atoms with Gasteiger partial charge in [-0.05, 0) is 23.5 Å². The predicted octanol–water partition coefficient (Wildman–Crippen LogP) is 1.93. The third-order valence-corrected chi connectivity index (χ3v) is 6.93. The molecule has 2 aliphatic rings. The Labute approximate surface area is 145 Å². The molecule has 0 unspecified atom stereocenters. The standard InChI is InChI=1S/C15H24N4O2S2/c1-4-22-13-18-17-12(23-13)16-11(21)6-19-5-10-14(2,3)7-15(10,8-19)9-20/h10,20H,4-9H2,1-3H3,(H,16,17,21)/t10-,15-/m1/s1. The summed E-state index contributed by atoms with van der Waals surface area (Å²) in [5.74, 6) is 1.36. The molecule has 8 heteroatoms. The molecule has 0 spiro atoms. The fourth-order valence-corrected chi connectivity index (χ4v) is 6.03. The van der Waals surface area contributed by atoms with Gasteiger partial charge in [0.1, 0.15) is 0 Å². The first kappa shape index (κ1) is 17.1. The Morgan fingerprint density at radius 3 is 2.91 bits per heavy atom. The second-order valence-corrected chi connectivity index (χ2v) is 9.75. The van der Waals surface area contributed by atoms with Crippen molar-refractivity contribution in [2.75, 3.05) is 37.3 Å². The first-order valence-electron chi connectivity index (χ1n) is 7.98. The van der Waals surface area contributed by atoms with Gasteiger partial charge in [0, 0.05) is 18.5 Å². The zero-order valence-electron chi connectivity index (χ0n) is 13.8. The molecule has 128 valence electrons. The molecular formula is C15H24N4O2S2. The van der Waals surface area contributed by atoms with Crippen molar-refractivity contribution in [2.24, 2.45) is 16.7 Å². The number of aliphatic hydroxyl groups is 1. The van der Waals surface area contributed by atoms with E-state index in [1.807, 2.05) is 0 Å². The van der Waals surface area contributed by atoms with Crippen LogP contribution >= 0.6 is 23.1 Å². The van der Waals surface area contributed by atoms with Crippen molar-refractivity contribution < 1.29 is 9.90 Å². The number of hydrogen-bond acceptors (Lipinski definition) is 7. The van der Waals surface area contributed by atoms with Crippen LogP contribution in [0, 0.1) is 16.7 Å². The van der Waals surface area contributed by atoms with Gasteiger partial charge in [-0.15, -0.1) is 10.2 Å². The lowest BCUT2D eigenvalue weighted by Crippen LogP contribution is -2.54. The van der Waals surface area contributed by atoms with Gasteiger partial charge in [0.05, 0.1) is 13.2 Å². The highest BCUT2D eigenvalue weighted by Crippen LogP contribution is 2.62. The van der Waals surface area contributed by atoms with Gasteiger partial charge in [0.15, 0.2) is 4.34 Å². The Hall–Kier alpha value is -0.700. The Morgan fingerprint density at radius 1 is 1.52 bits per heavy atom. The minimum atomic E-state index is -0.0543. The van der Waals surface area contributed by atoms with Gasteiger partial charge in [0.25, 0.3) is 0 Å². The average Bonchev–Trinajstić information content (AvgIpc) is 3.02. The van der Waals surface area contributed by atoms with E-state index < -0.39 is 0 Å². The molecule has 3 rings (SSSR count). The summed E-state index contributed by atoms with van der Waals surface area (Å²) in [7, 11) is 0. The number of nitrogens with zero attached hydrogens (tertiary/aromatic N) is 3. The first-order valence-corrected chi connectivity index (χ1v) is 9.78. The number of likely N-dealkylation sites (tertiary alicyclic amines) is 1. The van der Waals surface area contributed by atoms with E-state index in [9.17, 15) is 9.90 Å². The van der Waals surface area contributed by atoms with Crippen molar-refractivity contribution in [1.82, 2.24) is 15.1 Å². The van der Waals surface area contributed by atoms with Crippen molar-refractivity contribution in [3.8, 4) is 0 Å². The maximum Gasteiger partial charge on any atom is 0.240 e. The highest BCUT2D eigenvalue weighted by molar-refractivity contribution is 8.01. The van der Waals surface area contributed by atoms with E-state index >= 15 is 0 Å². The van der Waals surface area contributed by atoms with E-state index in [0.717, 1.165) is 29.6 Å². The third kappa shape index (κ3) is 3.26. The molecule has 23 heavy (non-hydrogen) atoms. The summed E-state index contributed by atoms with van der Waals surface area (Å²) >= 11 is 3.03. The number of carbonyl (C=O) groups is 1. The number of hydrogen-bond donors (Lipinski definition) is 2. The van der Waals surface area contributed by atoms with Crippen LogP contribution < -0.4 is 5.32 Å². The molecule has 1 aromatic heterocycles. The largest absolute Gasteiger partial charge is 0.396 e. The van der Waals surface area contributed by atoms with Gasteiger partial charge >= 0.3 is 0 Å². The lowest BCUT2D eigenvalue weighted by molar-refractivity contribution is -0.117. The van der Waals surface area contributed by atoms with Crippen LogP contribution in [0.4, 0.5) is 5.13 Å². The third-order valence-electron chi connectivity index (χ3n) is 5.07. The molecule has 2 N–H and O–H groups in total. The summed E-state index contributed by atoms with van der Waals surface area (Å²) < 4.78 is 0.878. The van der Waals surface area contributed by atoms with Crippen LogP contribution in [0.25, 0.3) is 0 Å². The van der Waals surface area contributed by atoms with Crippen LogP contribution in [0.1, 0.15) is 27.2 Å². The lowest BCUT2D eigenvalue weighted by atomic mass is 9.48. The fourth-order valence-electron chi connectivity index (χ4n) is 4.37. The summed E-state index contributed by atoms with van der Waals surface area (Å²) in [6.07, 6.45) is 1.04. The molecule has 1 aliphatic heterocycles. The second kappa shape index (κ2) is 6.31. The zero-order chi connectivity index (χ0) is 16.7. The average molecular weight is 357 g/mol. The molecule has 2 heterocycles. The molecule has 2 fully saturated rings. The molecule has 0 aromatic carbocycles. The molecule has 1 saturated carbocycles. The molecule has 6 nitrogen and oxygen atoms in total. The highest BCUT2D eigenvalue weighted by Gasteiger charge is 2.62. The fraction of sp³-hybridized carbons (Fsp3) is 0.800. The van der Waals surface area contributed by atoms with Crippen molar-refractivity contribution >= 4 is 34.1 Å². The van der Waals surface area contributed by atoms with Gasteiger partial charge in [0.2, 0.25) is 11.0 Å². The van der Waals surface area contributed by atoms with Gasteiger partial charge in [-0.1, -0.05) is 43.9 Å². The number of anilines is 1. The number of fused-ring (bicyclic) bond motifs is 1. The maximum atomic E-state index is 12.2. The summed E-state index contributed by atoms with van der Waals surface area (Å²) in [4.78, 5) is 14.4. The number of aromatic nitrogens is 2. The summed E-state index contributed by atoms with van der Waals surface area (Å²) in [5.41, 5.74) is 0.261. The minimum absolute atomic E-state index is 0.00253. The van der Waals surface area contributed by atoms with Gasteiger partial charge in [-0.2, -0.15) is 0 Å². The Kier molecular flexibility index (Phi) is 4.70. The van der Waals surface area contributed by atoms with Crippen molar-refractivity contribution in [3.63, 3.8) is 0 Å². The van der Waals surface area contributed by atoms with Gasteiger partial charge in [-0.25, -0.2) is 0 Å². The highest BCUT2D eigenvalue weighted by atomic mass is 32.2. The monoisotopic (exact) mass is 356 g/mol. The Bertz CT molecular complexity index is 592. The molecule has 2 atom stereocenters. The number of amides is 1. The van der Waals surface area contributed by atoms with E-state index in [2.05, 4.69) is 41.2 Å². The first-order chi connectivity index (χ1) is 10.9. The lowest BCUT2D eigenvalue weighted by Gasteiger charge is -2.56. The molecule has 1 aromatic rings. The molecule has 1 saturated heterocycles. The molecule has 1 aliphatic carbocycles. The number of nitrogens with one attached hydrogen (secondary N) is 1. The van der Waals surface area contributed by atoms with Crippen molar-refractivity contribution in [2.45, 2.75) is 31.5 Å². The second-order valence-electron chi connectivity index (χ2n) is 7.26. The summed E-state index contributed by atoms with van der Waals surface area (Å²) in [6, 6.07) is 0. The van der Waals surface area contributed by atoms with Crippen LogP contribution in [0.3, 0.4) is 0 Å². The van der Waals surface area contributed by atoms with Crippen LogP contribution in [-0.2, 0) is 4.79 Å². The van der Waals surface area contributed by atoms with Crippen LogP contribution in [0.2, 0.25) is 0 Å². The van der Waals surface area contributed by atoms with E-state index in [1.165, 1.54) is 11.3 Å². The topological polar surface area (TPSA) is 78.4 Å². The number of carbonyl (C=O) groups excluding carboxylic acids is 1. The molecule has 0 bridgehead atoms. The minimum Gasteiger partial charge on any atom is -0.396 e. The SMILES string of the molecule is CCSc1nnc(NC(=O)CN2C[C@@H]3C(C)(C)C[C@]3(CO)C2)s1. The number of aliphatic hydroxyl groups excluding tert-OH is 1. The maximum absolute atomic E-state index is 12.2. The smallest absolute Gasteiger partial charge is 0.240 e. The van der Waals surface area contributed by atoms with Crippen LogP contribution in [0.15, 0.2) is 4.34 Å². The van der Waals surface area contributed by atoms with Crippen molar-refractivity contribution in [3.05, 3.63) is 0 Å². The quantitative estimate of drug-likeness (QED) is 0.599. The van der Waals surface area contributed by atoms with Gasteiger partial charge in [-0.3, -0.25) is 15.0 Å². The summed E-state index contributed by atoms with van der Waals surface area (Å²) in [6.45, 7) is 8.82. The normalized spacial score (nSPS) is 29.1. The van der Waals surface area contributed by atoms with Crippen molar-refractivity contribution in [1.29, 1.82) is 0 Å². The zero-order valence-corrected chi connectivity index (χ0v) is 15.5. The molecule has 0 radical (unpaired) electrons. The van der Waals surface area contributed by atoms with E-state index in [1.54, 1.807) is 11.8 Å². The Morgan fingerprint density at radius 2 is 2.30 bits per heavy atom. The van der Waals surface area contributed by atoms with Gasteiger partial charge < -0.3 is 5.11 Å². The van der Waals surface area contributed by atoms with E-state index in [-0.39, 0.29) is 23.3 Å². The number of thioether (sulfide) groups is 1. The Balaban J connectivity index is 1.54. The summed E-state index contributed by atoms with van der Waals surface area (Å²) in [5, 5.41) is 21.2.